The zero-order valence-electron chi connectivity index (χ0n) is 6.46. The molecule has 0 aliphatic carbocycles. The molecule has 0 unspecified atom stereocenters. The van der Waals surface area contributed by atoms with Crippen molar-refractivity contribution in [2.75, 3.05) is 5.73 Å². The van der Waals surface area contributed by atoms with Gasteiger partial charge in [-0.3, -0.25) is 4.55 Å². The highest BCUT2D eigenvalue weighted by Crippen LogP contribution is 2.38. The molecule has 0 bridgehead atoms. The van der Waals surface area contributed by atoms with Gasteiger partial charge in [0.1, 0.15) is 4.90 Å². The van der Waals surface area contributed by atoms with Crippen LogP contribution in [0.15, 0.2) is 11.0 Å². The second-order valence-corrected chi connectivity index (χ2v) is 4.92. The average molecular weight is 277 g/mol. The van der Waals surface area contributed by atoms with Crippen LogP contribution in [-0.2, 0) is 10.1 Å². The Morgan fingerprint density at radius 3 is 2.14 bits per heavy atom. The fraction of sp³-hybridized carbons (Fsp3) is 0. The minimum atomic E-state index is -4.53. The quantitative estimate of drug-likeness (QED) is 0.469. The second kappa shape index (κ2) is 3.75. The molecule has 0 spiro atoms. The Bertz CT molecular complexity index is 459. The lowest BCUT2D eigenvalue weighted by molar-refractivity contribution is 0.483. The van der Waals surface area contributed by atoms with Crippen LogP contribution >= 0.6 is 34.8 Å². The molecule has 0 atom stereocenters. The number of hydrogen-bond acceptors (Lipinski definition) is 3. The van der Waals surface area contributed by atoms with Crippen LogP contribution in [0.25, 0.3) is 0 Å². The van der Waals surface area contributed by atoms with Crippen molar-refractivity contribution in [3.63, 3.8) is 0 Å². The van der Waals surface area contributed by atoms with Gasteiger partial charge in [-0.05, 0) is 6.07 Å². The lowest BCUT2D eigenvalue weighted by Gasteiger charge is -2.07. The molecule has 0 saturated heterocycles. The molecular weight excluding hydrogens is 272 g/mol. The Morgan fingerprint density at radius 1 is 1.21 bits per heavy atom. The molecule has 8 heteroatoms. The molecule has 0 aromatic heterocycles. The standard InChI is InChI=1S/C6H4Cl3NO3S/c7-2-1-3(8)5(10)6(4(2)9)14(11,12)13/h1H,10H2,(H,11,12,13). The molecule has 0 aliphatic rings. The van der Waals surface area contributed by atoms with Crippen LogP contribution in [0, 0.1) is 0 Å². The number of rotatable bonds is 1. The van der Waals surface area contributed by atoms with Gasteiger partial charge in [-0.1, -0.05) is 34.8 Å². The molecule has 78 valence electrons. The van der Waals surface area contributed by atoms with Gasteiger partial charge in [0, 0.05) is 0 Å². The van der Waals surface area contributed by atoms with Crippen LogP contribution in [0.4, 0.5) is 5.69 Å². The van der Waals surface area contributed by atoms with Crippen molar-refractivity contribution >= 4 is 50.6 Å². The Kier molecular flexibility index (Phi) is 3.18. The SMILES string of the molecule is Nc1c(Cl)cc(Cl)c(Cl)c1S(=O)(=O)O. The third kappa shape index (κ3) is 2.07. The first-order valence-electron chi connectivity index (χ1n) is 3.15. The minimum Gasteiger partial charge on any atom is -0.396 e. The number of halogens is 3. The maximum Gasteiger partial charge on any atom is 0.298 e. The summed E-state index contributed by atoms with van der Waals surface area (Å²) >= 11 is 16.6. The highest BCUT2D eigenvalue weighted by molar-refractivity contribution is 7.86. The van der Waals surface area contributed by atoms with Crippen molar-refractivity contribution in [3.8, 4) is 0 Å². The monoisotopic (exact) mass is 275 g/mol. The summed E-state index contributed by atoms with van der Waals surface area (Å²) < 4.78 is 30.5. The maximum atomic E-state index is 10.9. The summed E-state index contributed by atoms with van der Waals surface area (Å²) in [6.45, 7) is 0. The maximum absolute atomic E-state index is 10.9. The van der Waals surface area contributed by atoms with E-state index >= 15 is 0 Å². The van der Waals surface area contributed by atoms with Crippen molar-refractivity contribution in [3.05, 3.63) is 21.1 Å². The van der Waals surface area contributed by atoms with Crippen molar-refractivity contribution in [1.29, 1.82) is 0 Å². The van der Waals surface area contributed by atoms with Gasteiger partial charge in [0.25, 0.3) is 10.1 Å². The molecule has 0 aliphatic heterocycles. The second-order valence-electron chi connectivity index (χ2n) is 2.37. The Labute approximate surface area is 95.3 Å². The van der Waals surface area contributed by atoms with Gasteiger partial charge in [0.2, 0.25) is 0 Å². The van der Waals surface area contributed by atoms with E-state index in [2.05, 4.69) is 0 Å². The Morgan fingerprint density at radius 2 is 1.71 bits per heavy atom. The fourth-order valence-electron chi connectivity index (χ4n) is 0.840. The summed E-state index contributed by atoms with van der Waals surface area (Å²) in [5.74, 6) is 0. The van der Waals surface area contributed by atoms with E-state index in [4.69, 9.17) is 45.1 Å². The van der Waals surface area contributed by atoms with E-state index in [0.29, 0.717) is 0 Å². The van der Waals surface area contributed by atoms with Gasteiger partial charge in [0.05, 0.1) is 20.8 Å². The number of hydrogen-bond donors (Lipinski definition) is 2. The molecule has 0 radical (unpaired) electrons. The minimum absolute atomic E-state index is 0.0907. The molecule has 4 nitrogen and oxygen atoms in total. The van der Waals surface area contributed by atoms with E-state index in [0.717, 1.165) is 0 Å². The largest absolute Gasteiger partial charge is 0.396 e. The molecule has 1 aromatic rings. The lowest BCUT2D eigenvalue weighted by Crippen LogP contribution is -2.05. The molecule has 1 aromatic carbocycles. The molecular formula is C6H4Cl3NO3S. The summed E-state index contributed by atoms with van der Waals surface area (Å²) in [6, 6.07) is 1.19. The number of benzene rings is 1. The van der Waals surface area contributed by atoms with Gasteiger partial charge < -0.3 is 5.73 Å². The first kappa shape index (κ1) is 11.9. The predicted octanol–water partition coefficient (Wildman–Crippen LogP) is 2.48. The molecule has 0 heterocycles. The van der Waals surface area contributed by atoms with Crippen LogP contribution in [0.5, 0.6) is 0 Å². The first-order valence-corrected chi connectivity index (χ1v) is 5.73. The highest BCUT2D eigenvalue weighted by atomic mass is 35.5. The van der Waals surface area contributed by atoms with Gasteiger partial charge >= 0.3 is 0 Å². The van der Waals surface area contributed by atoms with Crippen molar-refractivity contribution < 1.29 is 13.0 Å². The van der Waals surface area contributed by atoms with Crippen molar-refractivity contribution in [2.45, 2.75) is 4.90 Å². The Balaban J connectivity index is 3.74. The summed E-state index contributed by atoms with van der Waals surface area (Å²) in [6.07, 6.45) is 0. The molecule has 14 heavy (non-hydrogen) atoms. The molecule has 0 amide bonds. The lowest BCUT2D eigenvalue weighted by atomic mass is 10.3. The van der Waals surface area contributed by atoms with E-state index < -0.39 is 15.0 Å². The smallest absolute Gasteiger partial charge is 0.298 e. The topological polar surface area (TPSA) is 80.4 Å². The van der Waals surface area contributed by atoms with Gasteiger partial charge in [-0.15, -0.1) is 0 Å². The zero-order chi connectivity index (χ0) is 11.1. The van der Waals surface area contributed by atoms with E-state index in [9.17, 15) is 8.42 Å². The van der Waals surface area contributed by atoms with Crippen molar-refractivity contribution in [2.24, 2.45) is 0 Å². The van der Waals surface area contributed by atoms with Gasteiger partial charge in [-0.25, -0.2) is 0 Å². The average Bonchev–Trinajstić information content (AvgIpc) is 1.98. The van der Waals surface area contributed by atoms with E-state index in [1.165, 1.54) is 6.07 Å². The summed E-state index contributed by atoms with van der Waals surface area (Å²) in [7, 11) is -4.53. The summed E-state index contributed by atoms with van der Waals surface area (Å²) in [5.41, 5.74) is 4.99. The van der Waals surface area contributed by atoms with Gasteiger partial charge in [-0.2, -0.15) is 8.42 Å². The highest BCUT2D eigenvalue weighted by Gasteiger charge is 2.22. The zero-order valence-corrected chi connectivity index (χ0v) is 9.54. The summed E-state index contributed by atoms with van der Waals surface area (Å²) in [4.78, 5) is -0.670. The third-order valence-electron chi connectivity index (χ3n) is 1.42. The van der Waals surface area contributed by atoms with E-state index in [1.54, 1.807) is 0 Å². The normalized spacial score (nSPS) is 11.7. The molecule has 1 rings (SSSR count). The van der Waals surface area contributed by atoms with Crippen molar-refractivity contribution in [1.82, 2.24) is 0 Å². The predicted molar refractivity (Wildman–Crippen MR) is 55.7 cm³/mol. The number of nitrogen functional groups attached to an aromatic ring is 1. The van der Waals surface area contributed by atoms with E-state index in [-0.39, 0.29) is 20.8 Å². The molecule has 3 N–H and O–H groups in total. The first-order chi connectivity index (χ1) is 6.25. The number of anilines is 1. The van der Waals surface area contributed by atoms with Crippen LogP contribution in [0.3, 0.4) is 0 Å². The molecule has 0 fully saturated rings. The van der Waals surface area contributed by atoms with Crippen LogP contribution < -0.4 is 5.73 Å². The Hall–Kier alpha value is -0.200. The van der Waals surface area contributed by atoms with Gasteiger partial charge in [0.15, 0.2) is 0 Å². The summed E-state index contributed by atoms with van der Waals surface area (Å²) in [5, 5.41) is -0.540. The third-order valence-corrected chi connectivity index (χ3v) is 3.57. The van der Waals surface area contributed by atoms with E-state index in [1.807, 2.05) is 0 Å². The molecule has 0 saturated carbocycles. The fourth-order valence-corrected chi connectivity index (χ4v) is 2.59. The van der Waals surface area contributed by atoms with Crippen LogP contribution in [0.2, 0.25) is 15.1 Å². The van der Waals surface area contributed by atoms with Crippen LogP contribution in [-0.4, -0.2) is 13.0 Å². The number of nitrogens with two attached hydrogens (primary N) is 1. The van der Waals surface area contributed by atoms with Crippen LogP contribution in [0.1, 0.15) is 0 Å².